The highest BCUT2D eigenvalue weighted by molar-refractivity contribution is 5.96. The average molecular weight is 306 g/mol. The first kappa shape index (κ1) is 14.4. The third-order valence-corrected chi connectivity index (χ3v) is 3.56. The van der Waals surface area contributed by atoms with Crippen molar-refractivity contribution in [3.63, 3.8) is 0 Å². The molecule has 1 aliphatic rings. The fourth-order valence-electron chi connectivity index (χ4n) is 2.45. The highest BCUT2D eigenvalue weighted by atomic mass is 19.4. The van der Waals surface area contributed by atoms with Crippen LogP contribution in [0.25, 0.3) is 0 Å². The van der Waals surface area contributed by atoms with Gasteiger partial charge in [-0.3, -0.25) is 4.79 Å². The molecule has 1 atom stereocenters. The van der Waals surface area contributed by atoms with Crippen LogP contribution in [0, 0.1) is 0 Å². The Morgan fingerprint density at radius 2 is 1.59 bits per heavy atom. The number of benzene rings is 2. The van der Waals surface area contributed by atoms with Crippen molar-refractivity contribution < 1.29 is 18.0 Å². The highest BCUT2D eigenvalue weighted by Gasteiger charge is 2.30. The van der Waals surface area contributed by atoms with Crippen LogP contribution in [0.3, 0.4) is 0 Å². The van der Waals surface area contributed by atoms with E-state index in [4.69, 9.17) is 0 Å². The summed E-state index contributed by atoms with van der Waals surface area (Å²) in [7, 11) is 0. The van der Waals surface area contributed by atoms with Crippen LogP contribution in [0.5, 0.6) is 0 Å². The number of anilines is 2. The third-order valence-electron chi connectivity index (χ3n) is 3.56. The second-order valence-electron chi connectivity index (χ2n) is 5.11. The number of alkyl halides is 3. The van der Waals surface area contributed by atoms with Crippen LogP contribution in [-0.2, 0) is 11.0 Å². The van der Waals surface area contributed by atoms with E-state index in [1.54, 1.807) is 12.1 Å². The molecule has 3 nitrogen and oxygen atoms in total. The fraction of sp³-hybridized carbons (Fsp3) is 0.188. The Morgan fingerprint density at radius 3 is 2.23 bits per heavy atom. The molecule has 114 valence electrons. The van der Waals surface area contributed by atoms with Crippen LogP contribution >= 0.6 is 0 Å². The largest absolute Gasteiger partial charge is 0.416 e. The number of amides is 1. The molecule has 0 radical (unpaired) electrons. The minimum atomic E-state index is -4.36. The van der Waals surface area contributed by atoms with Gasteiger partial charge in [0.25, 0.3) is 0 Å². The first-order valence-electron chi connectivity index (χ1n) is 6.76. The molecule has 0 saturated carbocycles. The zero-order valence-corrected chi connectivity index (χ0v) is 11.4. The number of hydrogen-bond acceptors (Lipinski definition) is 2. The lowest BCUT2D eigenvalue weighted by Crippen LogP contribution is -2.16. The number of carbonyl (C=O) groups is 1. The lowest BCUT2D eigenvalue weighted by molar-refractivity contribution is -0.137. The molecular weight excluding hydrogens is 293 g/mol. The normalized spacial score (nSPS) is 18.0. The summed E-state index contributed by atoms with van der Waals surface area (Å²) in [6.45, 7) is 0. The van der Waals surface area contributed by atoms with Gasteiger partial charge in [-0.1, -0.05) is 24.3 Å². The smallest absolute Gasteiger partial charge is 0.376 e. The van der Waals surface area contributed by atoms with Crippen LogP contribution in [0.15, 0.2) is 48.5 Å². The Hall–Kier alpha value is -2.50. The van der Waals surface area contributed by atoms with E-state index in [0.29, 0.717) is 11.3 Å². The standard InChI is InChI=1S/C16H13F3N2O/c17-16(18,19)11-7-5-10(6-8-11)14-9-15(22)21-13-4-2-1-3-12(13)20-14/h1-8,14,20H,9H2,(H,21,22)/t14-/m1/s1. The van der Waals surface area contributed by atoms with E-state index in [1.165, 1.54) is 12.1 Å². The summed E-state index contributed by atoms with van der Waals surface area (Å²) < 4.78 is 37.8. The molecule has 0 unspecified atom stereocenters. The van der Waals surface area contributed by atoms with Crippen LogP contribution in [0.4, 0.5) is 24.5 Å². The van der Waals surface area contributed by atoms with Gasteiger partial charge in [0.1, 0.15) is 0 Å². The molecule has 1 amide bonds. The van der Waals surface area contributed by atoms with Gasteiger partial charge in [0, 0.05) is 0 Å². The summed E-state index contributed by atoms with van der Waals surface area (Å²) in [5, 5.41) is 5.98. The van der Waals surface area contributed by atoms with Gasteiger partial charge in [0.2, 0.25) is 5.91 Å². The second-order valence-corrected chi connectivity index (χ2v) is 5.11. The van der Waals surface area contributed by atoms with Crippen molar-refractivity contribution in [2.24, 2.45) is 0 Å². The monoisotopic (exact) mass is 306 g/mol. The van der Waals surface area contributed by atoms with Crippen LogP contribution in [0.1, 0.15) is 23.6 Å². The number of rotatable bonds is 1. The topological polar surface area (TPSA) is 41.1 Å². The van der Waals surface area contributed by atoms with Crippen molar-refractivity contribution in [3.8, 4) is 0 Å². The first-order valence-corrected chi connectivity index (χ1v) is 6.76. The quantitative estimate of drug-likeness (QED) is 0.829. The molecule has 6 heteroatoms. The van der Waals surface area contributed by atoms with Gasteiger partial charge in [0.15, 0.2) is 0 Å². The summed E-state index contributed by atoms with van der Waals surface area (Å²) in [5.41, 5.74) is 1.36. The third kappa shape index (κ3) is 2.90. The van der Waals surface area contributed by atoms with Crippen molar-refractivity contribution in [2.75, 3.05) is 10.6 Å². The molecule has 0 spiro atoms. The maximum absolute atomic E-state index is 12.6. The first-order chi connectivity index (χ1) is 10.4. The lowest BCUT2D eigenvalue weighted by atomic mass is 10.0. The molecule has 2 aromatic rings. The van der Waals surface area contributed by atoms with Gasteiger partial charge in [-0.15, -0.1) is 0 Å². The van der Waals surface area contributed by atoms with E-state index in [9.17, 15) is 18.0 Å². The highest BCUT2D eigenvalue weighted by Crippen LogP contribution is 2.34. The number of hydrogen-bond donors (Lipinski definition) is 2. The Labute approximate surface area is 125 Å². The van der Waals surface area contributed by atoms with Gasteiger partial charge in [-0.2, -0.15) is 13.2 Å². The van der Waals surface area contributed by atoms with Crippen molar-refractivity contribution in [1.82, 2.24) is 0 Å². The number of nitrogens with one attached hydrogen (secondary N) is 2. The van der Waals surface area contributed by atoms with E-state index in [1.807, 2.05) is 12.1 Å². The summed E-state index contributed by atoms with van der Waals surface area (Å²) in [6.07, 6.45) is -4.21. The minimum Gasteiger partial charge on any atom is -0.376 e. The molecule has 1 heterocycles. The van der Waals surface area contributed by atoms with Gasteiger partial charge in [-0.05, 0) is 29.8 Å². The van der Waals surface area contributed by atoms with E-state index < -0.39 is 11.7 Å². The fourth-order valence-corrected chi connectivity index (χ4v) is 2.45. The molecular formula is C16H13F3N2O. The zero-order chi connectivity index (χ0) is 15.7. The Kier molecular flexibility index (Phi) is 3.52. The number of fused-ring (bicyclic) bond motifs is 1. The summed E-state index contributed by atoms with van der Waals surface area (Å²) in [4.78, 5) is 11.9. The Bertz CT molecular complexity index is 695. The van der Waals surface area contributed by atoms with Crippen molar-refractivity contribution >= 4 is 17.3 Å². The number of halogens is 3. The molecule has 0 fully saturated rings. The molecule has 0 bridgehead atoms. The predicted molar refractivity (Wildman–Crippen MR) is 77.5 cm³/mol. The van der Waals surface area contributed by atoms with E-state index >= 15 is 0 Å². The van der Waals surface area contributed by atoms with E-state index in [-0.39, 0.29) is 18.4 Å². The molecule has 0 saturated heterocycles. The van der Waals surface area contributed by atoms with E-state index in [0.717, 1.165) is 17.8 Å². The molecule has 0 aliphatic carbocycles. The maximum atomic E-state index is 12.6. The van der Waals surface area contributed by atoms with Crippen molar-refractivity contribution in [1.29, 1.82) is 0 Å². The SMILES string of the molecule is O=C1C[C@H](c2ccc(C(F)(F)F)cc2)Nc2ccccc2N1. The van der Waals surface area contributed by atoms with Gasteiger partial charge < -0.3 is 10.6 Å². The number of carbonyl (C=O) groups excluding carboxylic acids is 1. The van der Waals surface area contributed by atoms with Crippen LogP contribution in [-0.4, -0.2) is 5.91 Å². The second kappa shape index (κ2) is 5.36. The maximum Gasteiger partial charge on any atom is 0.416 e. The predicted octanol–water partition coefficient (Wildman–Crippen LogP) is 4.20. The van der Waals surface area contributed by atoms with Crippen molar-refractivity contribution in [3.05, 3.63) is 59.7 Å². The molecule has 2 N–H and O–H groups in total. The summed E-state index contributed by atoms with van der Waals surface area (Å²) in [5.74, 6) is -0.178. The Morgan fingerprint density at radius 1 is 0.955 bits per heavy atom. The van der Waals surface area contributed by atoms with Gasteiger partial charge >= 0.3 is 6.18 Å². The van der Waals surface area contributed by atoms with Gasteiger partial charge in [0.05, 0.1) is 29.4 Å². The molecule has 2 aromatic carbocycles. The average Bonchev–Trinajstić information content (AvgIpc) is 2.64. The molecule has 0 aromatic heterocycles. The molecule has 1 aliphatic heterocycles. The van der Waals surface area contributed by atoms with Gasteiger partial charge in [-0.25, -0.2) is 0 Å². The van der Waals surface area contributed by atoms with Crippen LogP contribution < -0.4 is 10.6 Å². The Balaban J connectivity index is 1.90. The van der Waals surface area contributed by atoms with Crippen molar-refractivity contribution in [2.45, 2.75) is 18.6 Å². The summed E-state index contributed by atoms with van der Waals surface area (Å²) >= 11 is 0. The molecule has 22 heavy (non-hydrogen) atoms. The number of para-hydroxylation sites is 2. The molecule has 3 rings (SSSR count). The van der Waals surface area contributed by atoms with E-state index in [2.05, 4.69) is 10.6 Å². The minimum absolute atomic E-state index is 0.153. The zero-order valence-electron chi connectivity index (χ0n) is 11.4. The lowest BCUT2D eigenvalue weighted by Gasteiger charge is -2.18. The summed E-state index contributed by atoms with van der Waals surface area (Å²) in [6, 6.07) is 11.7. The van der Waals surface area contributed by atoms with Crippen LogP contribution in [0.2, 0.25) is 0 Å².